The Kier molecular flexibility index (Phi) is 35.7. The van der Waals surface area contributed by atoms with Crippen LogP contribution in [0.25, 0.3) is 0 Å². The number of hydrogen-bond donors (Lipinski definition) is 1. The van der Waals surface area contributed by atoms with E-state index in [0.717, 1.165) is 38.5 Å². The predicted octanol–water partition coefficient (Wildman–Crippen LogP) is 13.6. The highest BCUT2D eigenvalue weighted by Gasteiger charge is 2.14. The number of ether oxygens (including phenoxy) is 1. The second-order valence-electron chi connectivity index (χ2n) is 13.1. The van der Waals surface area contributed by atoms with Crippen molar-refractivity contribution in [3.05, 3.63) is 48.6 Å². The van der Waals surface area contributed by atoms with Crippen molar-refractivity contribution < 1.29 is 19.4 Å². The molecule has 46 heavy (non-hydrogen) atoms. The molecule has 0 aliphatic carbocycles. The van der Waals surface area contributed by atoms with Crippen molar-refractivity contribution in [3.63, 3.8) is 0 Å². The molecule has 1 N–H and O–H groups in total. The second kappa shape index (κ2) is 37.4. The van der Waals surface area contributed by atoms with Crippen molar-refractivity contribution in [2.75, 3.05) is 0 Å². The molecule has 0 aromatic carbocycles. The summed E-state index contributed by atoms with van der Waals surface area (Å²) in [5.41, 5.74) is 0. The molecule has 0 bridgehead atoms. The number of rotatable bonds is 35. The van der Waals surface area contributed by atoms with Gasteiger partial charge in [-0.05, 0) is 96.3 Å². The van der Waals surface area contributed by atoms with Crippen molar-refractivity contribution in [2.45, 2.75) is 206 Å². The molecule has 0 fully saturated rings. The fourth-order valence-electron chi connectivity index (χ4n) is 5.61. The van der Waals surface area contributed by atoms with Crippen LogP contribution in [0.3, 0.4) is 0 Å². The molecule has 0 rings (SSSR count). The van der Waals surface area contributed by atoms with E-state index < -0.39 is 5.97 Å². The molecule has 0 aliphatic rings. The van der Waals surface area contributed by atoms with E-state index in [1.807, 2.05) is 0 Å². The predicted molar refractivity (Wildman–Crippen MR) is 199 cm³/mol. The van der Waals surface area contributed by atoms with E-state index in [2.05, 4.69) is 62.5 Å². The lowest BCUT2D eigenvalue weighted by atomic mass is 10.0. The average Bonchev–Trinajstić information content (AvgIpc) is 3.04. The highest BCUT2D eigenvalue weighted by molar-refractivity contribution is 5.71. The first kappa shape index (κ1) is 43.9. The molecule has 0 radical (unpaired) electrons. The second-order valence-corrected chi connectivity index (χ2v) is 13.1. The Morgan fingerprint density at radius 3 is 1.24 bits per heavy atom. The van der Waals surface area contributed by atoms with Gasteiger partial charge >= 0.3 is 11.9 Å². The zero-order valence-corrected chi connectivity index (χ0v) is 30.4. The Labute approximate surface area is 285 Å². The molecule has 0 aromatic heterocycles. The number of aliphatic carboxylic acids is 1. The summed E-state index contributed by atoms with van der Waals surface area (Å²) in [5, 5.41) is 8.86. The molecule has 0 spiro atoms. The van der Waals surface area contributed by atoms with Crippen LogP contribution in [0.4, 0.5) is 0 Å². The van der Waals surface area contributed by atoms with Gasteiger partial charge in [-0.15, -0.1) is 0 Å². The summed E-state index contributed by atoms with van der Waals surface area (Å²) in [6.45, 7) is 4.50. The maximum Gasteiger partial charge on any atom is 0.306 e. The van der Waals surface area contributed by atoms with Gasteiger partial charge in [0, 0.05) is 12.8 Å². The number of allylic oxidation sites excluding steroid dienone is 8. The van der Waals surface area contributed by atoms with Gasteiger partial charge in [-0.3, -0.25) is 9.59 Å². The molecule has 0 unspecified atom stereocenters. The minimum Gasteiger partial charge on any atom is -0.481 e. The lowest BCUT2D eigenvalue weighted by Crippen LogP contribution is -2.18. The van der Waals surface area contributed by atoms with Crippen LogP contribution < -0.4 is 0 Å². The SMILES string of the molecule is CCCCC/C=C\C/C=C\CCCCCCCCC(CCCCCCCC/C=C\C/C=C\CCCCC)OC(=O)CCCC(=O)O. The van der Waals surface area contributed by atoms with E-state index in [0.29, 0.717) is 6.42 Å². The number of carbonyl (C=O) groups is 2. The Morgan fingerprint density at radius 2 is 0.848 bits per heavy atom. The standard InChI is InChI=1S/C42H74O4/c1-3-5-7-9-11-13-15-17-19-21-23-25-27-29-31-33-36-40(46-42(45)39-35-38-41(43)44)37-34-32-30-28-26-24-22-20-18-16-14-12-10-8-6-4-2/h11-14,17-20,40H,3-10,15-16,21-39H2,1-2H3,(H,43,44)/b13-11-,14-12-,19-17-,20-18-. The Hall–Kier alpha value is -2.10. The molecule has 0 aromatic rings. The quantitative estimate of drug-likeness (QED) is 0.0424. The summed E-state index contributed by atoms with van der Waals surface area (Å²) in [5.74, 6) is -1.08. The zero-order valence-electron chi connectivity index (χ0n) is 30.4. The summed E-state index contributed by atoms with van der Waals surface area (Å²) in [4.78, 5) is 23.1. The van der Waals surface area contributed by atoms with Gasteiger partial charge in [-0.1, -0.05) is 140 Å². The van der Waals surface area contributed by atoms with Crippen molar-refractivity contribution in [3.8, 4) is 0 Å². The number of hydrogen-bond acceptors (Lipinski definition) is 3. The molecule has 0 heterocycles. The highest BCUT2D eigenvalue weighted by Crippen LogP contribution is 2.18. The van der Waals surface area contributed by atoms with Crippen molar-refractivity contribution in [1.82, 2.24) is 0 Å². The molecule has 0 aliphatic heterocycles. The van der Waals surface area contributed by atoms with Crippen LogP contribution in [-0.2, 0) is 14.3 Å². The average molecular weight is 643 g/mol. The normalized spacial score (nSPS) is 12.2. The van der Waals surface area contributed by atoms with Crippen LogP contribution in [0.2, 0.25) is 0 Å². The third-order valence-electron chi connectivity index (χ3n) is 8.52. The molecule has 0 amide bonds. The van der Waals surface area contributed by atoms with Crippen LogP contribution in [0.15, 0.2) is 48.6 Å². The van der Waals surface area contributed by atoms with Gasteiger partial charge in [0.25, 0.3) is 0 Å². The highest BCUT2D eigenvalue weighted by atomic mass is 16.5. The minimum atomic E-state index is -0.855. The number of esters is 1. The molecule has 4 nitrogen and oxygen atoms in total. The van der Waals surface area contributed by atoms with E-state index in [1.165, 1.54) is 128 Å². The van der Waals surface area contributed by atoms with E-state index in [1.54, 1.807) is 0 Å². The largest absolute Gasteiger partial charge is 0.481 e. The van der Waals surface area contributed by atoms with Gasteiger partial charge in [0.05, 0.1) is 0 Å². The van der Waals surface area contributed by atoms with E-state index in [9.17, 15) is 9.59 Å². The fraction of sp³-hybridized carbons (Fsp3) is 0.762. The Morgan fingerprint density at radius 1 is 0.478 bits per heavy atom. The van der Waals surface area contributed by atoms with E-state index in [-0.39, 0.29) is 24.9 Å². The first-order valence-corrected chi connectivity index (χ1v) is 19.6. The van der Waals surface area contributed by atoms with Gasteiger partial charge < -0.3 is 9.84 Å². The molecule has 0 saturated carbocycles. The van der Waals surface area contributed by atoms with Crippen LogP contribution in [0.1, 0.15) is 200 Å². The third kappa shape index (κ3) is 36.4. The first-order chi connectivity index (χ1) is 22.6. The lowest BCUT2D eigenvalue weighted by Gasteiger charge is -2.18. The first-order valence-electron chi connectivity index (χ1n) is 19.6. The third-order valence-corrected chi connectivity index (χ3v) is 8.52. The number of unbranched alkanes of at least 4 members (excludes halogenated alkanes) is 18. The monoisotopic (exact) mass is 643 g/mol. The van der Waals surface area contributed by atoms with E-state index in [4.69, 9.17) is 9.84 Å². The summed E-state index contributed by atoms with van der Waals surface area (Å²) in [6, 6.07) is 0. The van der Waals surface area contributed by atoms with Gasteiger partial charge in [0.2, 0.25) is 0 Å². The summed E-state index contributed by atoms with van der Waals surface area (Å²) in [6.07, 6.45) is 50.4. The van der Waals surface area contributed by atoms with Gasteiger partial charge in [0.15, 0.2) is 0 Å². The summed E-state index contributed by atoms with van der Waals surface area (Å²) in [7, 11) is 0. The molecule has 0 atom stereocenters. The van der Waals surface area contributed by atoms with E-state index >= 15 is 0 Å². The number of carboxylic acids is 1. The fourth-order valence-corrected chi connectivity index (χ4v) is 5.61. The van der Waals surface area contributed by atoms with Gasteiger partial charge in [0.1, 0.15) is 6.10 Å². The van der Waals surface area contributed by atoms with Crippen LogP contribution in [0.5, 0.6) is 0 Å². The van der Waals surface area contributed by atoms with Crippen LogP contribution in [-0.4, -0.2) is 23.1 Å². The summed E-state index contributed by atoms with van der Waals surface area (Å²) >= 11 is 0. The maximum absolute atomic E-state index is 12.3. The van der Waals surface area contributed by atoms with Gasteiger partial charge in [-0.2, -0.15) is 0 Å². The molecular formula is C42H74O4. The number of carboxylic acid groups (broad SMARTS) is 1. The zero-order chi connectivity index (χ0) is 33.6. The maximum atomic E-state index is 12.3. The van der Waals surface area contributed by atoms with Gasteiger partial charge in [-0.25, -0.2) is 0 Å². The lowest BCUT2D eigenvalue weighted by molar-refractivity contribution is -0.150. The minimum absolute atomic E-state index is 0.0195. The van der Waals surface area contributed by atoms with Crippen molar-refractivity contribution in [2.24, 2.45) is 0 Å². The Bertz CT molecular complexity index is 731. The van der Waals surface area contributed by atoms with Crippen LogP contribution in [0, 0.1) is 0 Å². The Balaban J connectivity index is 4.02. The number of carbonyl (C=O) groups excluding carboxylic acids is 1. The molecular weight excluding hydrogens is 568 g/mol. The van der Waals surface area contributed by atoms with Crippen molar-refractivity contribution in [1.29, 1.82) is 0 Å². The molecule has 266 valence electrons. The summed E-state index contributed by atoms with van der Waals surface area (Å²) < 4.78 is 5.82. The topological polar surface area (TPSA) is 63.6 Å². The molecule has 4 heteroatoms. The van der Waals surface area contributed by atoms with Crippen molar-refractivity contribution >= 4 is 11.9 Å². The smallest absolute Gasteiger partial charge is 0.306 e. The van der Waals surface area contributed by atoms with Crippen LogP contribution >= 0.6 is 0 Å². The molecule has 0 saturated heterocycles.